The predicted octanol–water partition coefficient (Wildman–Crippen LogP) is 3.06. The van der Waals surface area contributed by atoms with Gasteiger partial charge in [0, 0.05) is 24.3 Å². The smallest absolute Gasteiger partial charge is 0.251 e. The molecule has 2 aromatic rings. The molecule has 6 nitrogen and oxygen atoms in total. The first-order valence-electron chi connectivity index (χ1n) is 9.04. The van der Waals surface area contributed by atoms with Gasteiger partial charge in [0.15, 0.2) is 0 Å². The third-order valence-corrected chi connectivity index (χ3v) is 5.36. The molecule has 0 saturated carbocycles. The Morgan fingerprint density at radius 3 is 2.15 bits per heavy atom. The van der Waals surface area contributed by atoms with Gasteiger partial charge in [-0.3, -0.25) is 4.79 Å². The average Bonchev–Trinajstić information content (AvgIpc) is 2.65. The number of nitrogens with two attached hydrogens (primary N) is 1. The fourth-order valence-electron chi connectivity index (χ4n) is 2.87. The van der Waals surface area contributed by atoms with Crippen LogP contribution < -0.4 is 15.4 Å². The van der Waals surface area contributed by atoms with Crippen molar-refractivity contribution in [3.63, 3.8) is 0 Å². The Labute approximate surface area is 161 Å². The van der Waals surface area contributed by atoms with Crippen molar-refractivity contribution in [2.45, 2.75) is 38.1 Å². The number of hydrogen-bond acceptors (Lipinski definition) is 4. The third kappa shape index (κ3) is 5.55. The summed E-state index contributed by atoms with van der Waals surface area (Å²) in [6.07, 6.45) is 1.07. The van der Waals surface area contributed by atoms with E-state index in [1.165, 1.54) is 12.1 Å². The predicted molar refractivity (Wildman–Crippen MR) is 108 cm³/mol. The monoisotopic (exact) mass is 389 g/mol. The summed E-state index contributed by atoms with van der Waals surface area (Å²) in [6.45, 7) is 8.00. The number of sulfonamides is 1. The molecule has 1 amide bonds. The Morgan fingerprint density at radius 2 is 1.67 bits per heavy atom. The molecule has 0 aliphatic rings. The van der Waals surface area contributed by atoms with Crippen LogP contribution in [0.1, 0.15) is 49.2 Å². The molecular weight excluding hydrogens is 362 g/mol. The van der Waals surface area contributed by atoms with Crippen LogP contribution in [0.5, 0.6) is 0 Å². The third-order valence-electron chi connectivity index (χ3n) is 4.43. The normalized spacial score (nSPS) is 12.4. The fraction of sp³-hybridized carbons (Fsp3) is 0.350. The van der Waals surface area contributed by atoms with Crippen LogP contribution in [0.2, 0.25) is 0 Å². The van der Waals surface area contributed by atoms with E-state index < -0.39 is 10.0 Å². The lowest BCUT2D eigenvalue weighted by Gasteiger charge is -2.22. The minimum absolute atomic E-state index is 0.0490. The number of benzene rings is 2. The molecule has 0 bridgehead atoms. The standard InChI is InChI=1S/C20H27N3O3S/c1-4-14-23(5-2)18-10-6-17(7-11-18)20(24)22-15(3)16-8-12-19(13-9-16)27(21,25)26/h6-13,15H,4-5,14H2,1-3H3,(H,22,24)(H2,21,25,26)/t15-/m0/s1. The summed E-state index contributed by atoms with van der Waals surface area (Å²) in [5, 5.41) is 8.03. The maximum absolute atomic E-state index is 12.5. The van der Waals surface area contributed by atoms with Crippen molar-refractivity contribution in [1.29, 1.82) is 0 Å². The lowest BCUT2D eigenvalue weighted by Crippen LogP contribution is -2.27. The molecule has 3 N–H and O–H groups in total. The van der Waals surface area contributed by atoms with Gasteiger partial charge in [-0.15, -0.1) is 0 Å². The quantitative estimate of drug-likeness (QED) is 0.726. The largest absolute Gasteiger partial charge is 0.372 e. The van der Waals surface area contributed by atoms with Crippen LogP contribution in [0.4, 0.5) is 5.69 Å². The minimum atomic E-state index is -3.72. The van der Waals surface area contributed by atoms with Crippen molar-refractivity contribution in [3.8, 4) is 0 Å². The fourth-order valence-corrected chi connectivity index (χ4v) is 3.39. The number of carbonyl (C=O) groups is 1. The number of amides is 1. The first kappa shape index (κ1) is 20.9. The molecule has 0 aliphatic heterocycles. The Morgan fingerprint density at radius 1 is 1.07 bits per heavy atom. The molecule has 0 saturated heterocycles. The molecule has 0 aliphatic carbocycles. The van der Waals surface area contributed by atoms with Crippen LogP contribution in [0.15, 0.2) is 53.4 Å². The SMILES string of the molecule is CCCN(CC)c1ccc(C(=O)N[C@@H](C)c2ccc(S(N)(=O)=O)cc2)cc1. The summed E-state index contributed by atoms with van der Waals surface area (Å²) in [4.78, 5) is 14.8. The van der Waals surface area contributed by atoms with Gasteiger partial charge in [0.05, 0.1) is 10.9 Å². The zero-order chi connectivity index (χ0) is 20.0. The lowest BCUT2D eigenvalue weighted by molar-refractivity contribution is 0.0940. The average molecular weight is 390 g/mol. The summed E-state index contributed by atoms with van der Waals surface area (Å²) >= 11 is 0. The Bertz CT molecular complexity index is 862. The summed E-state index contributed by atoms with van der Waals surface area (Å²) in [5.41, 5.74) is 2.48. The van der Waals surface area contributed by atoms with Gasteiger partial charge >= 0.3 is 0 Å². The highest BCUT2D eigenvalue weighted by Gasteiger charge is 2.14. The molecule has 2 rings (SSSR count). The highest BCUT2D eigenvalue weighted by Crippen LogP contribution is 2.18. The topological polar surface area (TPSA) is 92.5 Å². The van der Waals surface area contributed by atoms with E-state index >= 15 is 0 Å². The number of anilines is 1. The number of nitrogens with zero attached hydrogens (tertiary/aromatic N) is 1. The van der Waals surface area contributed by atoms with E-state index in [1.807, 2.05) is 31.2 Å². The van der Waals surface area contributed by atoms with E-state index in [0.717, 1.165) is 30.8 Å². The Hall–Kier alpha value is -2.38. The van der Waals surface area contributed by atoms with Crippen molar-refractivity contribution in [1.82, 2.24) is 5.32 Å². The number of nitrogens with one attached hydrogen (secondary N) is 1. The van der Waals surface area contributed by atoms with E-state index in [-0.39, 0.29) is 16.8 Å². The molecule has 146 valence electrons. The molecule has 0 fully saturated rings. The number of primary sulfonamides is 1. The maximum atomic E-state index is 12.5. The molecule has 7 heteroatoms. The molecule has 0 radical (unpaired) electrons. The van der Waals surface area contributed by atoms with Crippen molar-refractivity contribution in [2.75, 3.05) is 18.0 Å². The van der Waals surface area contributed by atoms with E-state index in [9.17, 15) is 13.2 Å². The van der Waals surface area contributed by atoms with E-state index in [1.54, 1.807) is 12.1 Å². The summed E-state index contributed by atoms with van der Waals surface area (Å²) in [7, 11) is -3.72. The van der Waals surface area contributed by atoms with Gasteiger partial charge in [0.1, 0.15) is 0 Å². The van der Waals surface area contributed by atoms with Crippen molar-refractivity contribution < 1.29 is 13.2 Å². The summed E-state index contributed by atoms with van der Waals surface area (Å²) in [5.74, 6) is -0.178. The summed E-state index contributed by atoms with van der Waals surface area (Å²) < 4.78 is 22.6. The molecule has 27 heavy (non-hydrogen) atoms. The number of hydrogen-bond donors (Lipinski definition) is 2. The molecule has 0 heterocycles. The highest BCUT2D eigenvalue weighted by molar-refractivity contribution is 7.89. The first-order valence-corrected chi connectivity index (χ1v) is 10.6. The van der Waals surface area contributed by atoms with Gasteiger partial charge in [0.25, 0.3) is 5.91 Å². The zero-order valence-electron chi connectivity index (χ0n) is 16.0. The maximum Gasteiger partial charge on any atom is 0.251 e. The molecule has 1 atom stereocenters. The molecule has 0 spiro atoms. The number of rotatable bonds is 8. The second-order valence-electron chi connectivity index (χ2n) is 6.44. The van der Waals surface area contributed by atoms with Gasteiger partial charge in [-0.05, 0) is 62.2 Å². The zero-order valence-corrected chi connectivity index (χ0v) is 16.8. The van der Waals surface area contributed by atoms with Crippen LogP contribution in [-0.4, -0.2) is 27.4 Å². The number of carbonyl (C=O) groups excluding carboxylic acids is 1. The second-order valence-corrected chi connectivity index (χ2v) is 8.00. The van der Waals surface area contributed by atoms with E-state index in [0.29, 0.717) is 5.56 Å². The Balaban J connectivity index is 2.05. The van der Waals surface area contributed by atoms with Crippen molar-refractivity contribution >= 4 is 21.6 Å². The minimum Gasteiger partial charge on any atom is -0.372 e. The van der Waals surface area contributed by atoms with Crippen LogP contribution in [0.3, 0.4) is 0 Å². The van der Waals surface area contributed by atoms with Gasteiger partial charge in [0.2, 0.25) is 10.0 Å². The molecule has 0 aromatic heterocycles. The van der Waals surface area contributed by atoms with E-state index in [2.05, 4.69) is 24.1 Å². The molecular formula is C20H27N3O3S. The van der Waals surface area contributed by atoms with Crippen molar-refractivity contribution in [3.05, 3.63) is 59.7 Å². The van der Waals surface area contributed by atoms with Gasteiger partial charge in [-0.1, -0.05) is 19.1 Å². The van der Waals surface area contributed by atoms with Crippen LogP contribution in [-0.2, 0) is 10.0 Å². The summed E-state index contributed by atoms with van der Waals surface area (Å²) in [6, 6.07) is 13.5. The second kappa shape index (κ2) is 9.01. The van der Waals surface area contributed by atoms with Gasteiger partial charge in [-0.25, -0.2) is 13.6 Å². The lowest BCUT2D eigenvalue weighted by atomic mass is 10.1. The molecule has 0 unspecified atom stereocenters. The van der Waals surface area contributed by atoms with E-state index in [4.69, 9.17) is 5.14 Å². The van der Waals surface area contributed by atoms with Gasteiger partial charge in [-0.2, -0.15) is 0 Å². The van der Waals surface area contributed by atoms with Crippen LogP contribution in [0, 0.1) is 0 Å². The first-order chi connectivity index (χ1) is 12.8. The van der Waals surface area contributed by atoms with Crippen molar-refractivity contribution in [2.24, 2.45) is 5.14 Å². The molecule has 2 aromatic carbocycles. The van der Waals surface area contributed by atoms with Crippen LogP contribution in [0.25, 0.3) is 0 Å². The highest BCUT2D eigenvalue weighted by atomic mass is 32.2. The van der Waals surface area contributed by atoms with Gasteiger partial charge < -0.3 is 10.2 Å². The van der Waals surface area contributed by atoms with Crippen LogP contribution >= 0.6 is 0 Å². The Kier molecular flexibility index (Phi) is 6.98.